The van der Waals surface area contributed by atoms with E-state index in [1.54, 1.807) is 7.11 Å². The predicted octanol–water partition coefficient (Wildman–Crippen LogP) is 3.19. The van der Waals surface area contributed by atoms with Crippen LogP contribution < -0.4 is 0 Å². The molecule has 0 N–H and O–H groups in total. The molecule has 5 heteroatoms. The Morgan fingerprint density at radius 1 is 1.35 bits per heavy atom. The maximum Gasteiger partial charge on any atom is 0.306 e. The van der Waals surface area contributed by atoms with Crippen LogP contribution in [0.1, 0.15) is 46.5 Å². The summed E-state index contributed by atoms with van der Waals surface area (Å²) in [4.78, 5) is 23.1. The molecule has 1 rings (SSSR count). The van der Waals surface area contributed by atoms with Crippen molar-refractivity contribution in [3.05, 3.63) is 23.8 Å². The quantitative estimate of drug-likeness (QED) is 0.576. The van der Waals surface area contributed by atoms with Gasteiger partial charge in [0.15, 0.2) is 0 Å². The molecule has 1 aliphatic heterocycles. The second-order valence-corrected chi connectivity index (χ2v) is 5.98. The fourth-order valence-corrected chi connectivity index (χ4v) is 2.61. The lowest BCUT2D eigenvalue weighted by Crippen LogP contribution is -2.36. The highest BCUT2D eigenvalue weighted by atomic mass is 16.6. The van der Waals surface area contributed by atoms with Gasteiger partial charge in [-0.05, 0) is 31.8 Å². The van der Waals surface area contributed by atoms with Crippen LogP contribution in [-0.4, -0.2) is 37.9 Å². The van der Waals surface area contributed by atoms with Crippen molar-refractivity contribution in [3.8, 4) is 0 Å². The third-order valence-corrected chi connectivity index (χ3v) is 3.75. The topological polar surface area (TPSA) is 61.8 Å². The lowest BCUT2D eigenvalue weighted by Gasteiger charge is -2.27. The van der Waals surface area contributed by atoms with Crippen molar-refractivity contribution in [1.29, 1.82) is 0 Å². The molecule has 130 valence electrons. The number of carbonyl (C=O) groups is 2. The summed E-state index contributed by atoms with van der Waals surface area (Å²) in [6.07, 6.45) is 8.21. The van der Waals surface area contributed by atoms with Crippen molar-refractivity contribution >= 4 is 11.9 Å². The van der Waals surface area contributed by atoms with Gasteiger partial charge in [-0.1, -0.05) is 25.2 Å². The second kappa shape index (κ2) is 10.2. The van der Waals surface area contributed by atoms with E-state index in [0.29, 0.717) is 6.42 Å². The zero-order valence-electron chi connectivity index (χ0n) is 14.5. The van der Waals surface area contributed by atoms with E-state index in [0.717, 1.165) is 24.8 Å². The number of carbonyl (C=O) groups excluding carboxylic acids is 2. The minimum absolute atomic E-state index is 0.0601. The highest BCUT2D eigenvalue weighted by molar-refractivity contribution is 5.69. The molecular weight excluding hydrogens is 296 g/mol. The van der Waals surface area contributed by atoms with E-state index in [2.05, 4.69) is 0 Å². The van der Waals surface area contributed by atoms with E-state index < -0.39 is 6.10 Å². The van der Waals surface area contributed by atoms with Crippen LogP contribution in [0.25, 0.3) is 0 Å². The lowest BCUT2D eigenvalue weighted by molar-refractivity contribution is -0.154. The fraction of sp³-hybridized carbons (Fsp3) is 0.667. The summed E-state index contributed by atoms with van der Waals surface area (Å²) in [6.45, 7) is 5.53. The number of hydrogen-bond donors (Lipinski definition) is 0. The zero-order chi connectivity index (χ0) is 17.2. The summed E-state index contributed by atoms with van der Waals surface area (Å²) >= 11 is 0. The van der Waals surface area contributed by atoms with E-state index in [1.165, 1.54) is 6.92 Å². The van der Waals surface area contributed by atoms with Crippen LogP contribution >= 0.6 is 0 Å². The molecule has 0 aromatic heterocycles. The van der Waals surface area contributed by atoms with Gasteiger partial charge < -0.3 is 14.2 Å². The first kappa shape index (κ1) is 19.4. The van der Waals surface area contributed by atoms with Crippen molar-refractivity contribution in [2.24, 2.45) is 5.92 Å². The van der Waals surface area contributed by atoms with Gasteiger partial charge in [-0.15, -0.1) is 0 Å². The fourth-order valence-electron chi connectivity index (χ4n) is 2.61. The minimum atomic E-state index is -0.414. The monoisotopic (exact) mass is 324 g/mol. The summed E-state index contributed by atoms with van der Waals surface area (Å²) in [5.41, 5.74) is 0.930. The van der Waals surface area contributed by atoms with Gasteiger partial charge in [-0.3, -0.25) is 9.59 Å². The van der Waals surface area contributed by atoms with Gasteiger partial charge in [0.1, 0.15) is 18.8 Å². The van der Waals surface area contributed by atoms with Crippen LogP contribution in [0, 0.1) is 5.92 Å². The van der Waals surface area contributed by atoms with Crippen molar-refractivity contribution in [1.82, 2.24) is 0 Å². The van der Waals surface area contributed by atoms with E-state index in [-0.39, 0.29) is 30.6 Å². The molecule has 0 saturated carbocycles. The molecule has 0 bridgehead atoms. The molecule has 0 unspecified atom stereocenters. The largest absolute Gasteiger partial charge is 0.461 e. The number of esters is 2. The van der Waals surface area contributed by atoms with Crippen molar-refractivity contribution < 1.29 is 23.8 Å². The zero-order valence-corrected chi connectivity index (χ0v) is 14.5. The Labute approximate surface area is 138 Å². The average Bonchev–Trinajstić information content (AvgIpc) is 2.49. The molecule has 5 nitrogen and oxygen atoms in total. The summed E-state index contributed by atoms with van der Waals surface area (Å²) < 4.78 is 16.2. The number of allylic oxidation sites excluding steroid dienone is 1. The molecule has 0 fully saturated rings. The standard InChI is InChI=1S/C18H28O5/c1-13-11-14(2)18(23-15(3)19)16(21-4)9-7-5-6-8-10-17(20)22-12-13/h7,9,11,14,16,18H,5-6,8,10,12H2,1-4H3/b9-7+,13-11-/t14-,16+,18+/m1/s1. The second-order valence-electron chi connectivity index (χ2n) is 5.98. The molecule has 0 spiro atoms. The molecule has 0 radical (unpaired) electrons. The van der Waals surface area contributed by atoms with Gasteiger partial charge in [0.25, 0.3) is 0 Å². The summed E-state index contributed by atoms with van der Waals surface area (Å²) in [7, 11) is 1.61. The molecular formula is C18H28O5. The van der Waals surface area contributed by atoms with Gasteiger partial charge in [-0.25, -0.2) is 0 Å². The molecule has 0 amide bonds. The molecule has 1 heterocycles. The Balaban J connectivity index is 2.97. The third-order valence-electron chi connectivity index (χ3n) is 3.75. The Kier molecular flexibility index (Phi) is 8.62. The molecule has 0 aliphatic carbocycles. The highest BCUT2D eigenvalue weighted by Gasteiger charge is 2.27. The normalized spacial score (nSPS) is 31.2. The molecule has 0 aromatic rings. The lowest BCUT2D eigenvalue weighted by atomic mass is 9.96. The maximum atomic E-state index is 11.6. The van der Waals surface area contributed by atoms with Crippen LogP contribution in [0.4, 0.5) is 0 Å². The van der Waals surface area contributed by atoms with Gasteiger partial charge in [-0.2, -0.15) is 0 Å². The van der Waals surface area contributed by atoms with Crippen LogP contribution in [0.3, 0.4) is 0 Å². The van der Waals surface area contributed by atoms with E-state index in [9.17, 15) is 9.59 Å². The maximum absolute atomic E-state index is 11.6. The van der Waals surface area contributed by atoms with Crippen LogP contribution in [0.2, 0.25) is 0 Å². The third kappa shape index (κ3) is 7.46. The average molecular weight is 324 g/mol. The Morgan fingerprint density at radius 3 is 2.74 bits per heavy atom. The van der Waals surface area contributed by atoms with Gasteiger partial charge in [0.2, 0.25) is 0 Å². The molecule has 23 heavy (non-hydrogen) atoms. The summed E-state index contributed by atoms with van der Waals surface area (Å²) in [6, 6.07) is 0. The van der Waals surface area contributed by atoms with Crippen molar-refractivity contribution in [2.45, 2.75) is 58.7 Å². The SMILES string of the molecule is CO[C@H]1/C=C/CCCCC(=O)OC/C(C)=C\[C@@H](C)[C@@H]1OC(C)=O. The highest BCUT2D eigenvalue weighted by Crippen LogP contribution is 2.20. The van der Waals surface area contributed by atoms with Crippen molar-refractivity contribution in [3.63, 3.8) is 0 Å². The van der Waals surface area contributed by atoms with E-state index >= 15 is 0 Å². The van der Waals surface area contributed by atoms with Gasteiger partial charge >= 0.3 is 11.9 Å². The number of ether oxygens (including phenoxy) is 3. The number of methoxy groups -OCH3 is 1. The van der Waals surface area contributed by atoms with Crippen molar-refractivity contribution in [2.75, 3.05) is 13.7 Å². The van der Waals surface area contributed by atoms with Gasteiger partial charge in [0, 0.05) is 26.4 Å². The Bertz CT molecular complexity index is 452. The Morgan fingerprint density at radius 2 is 2.09 bits per heavy atom. The summed E-state index contributed by atoms with van der Waals surface area (Å²) in [5, 5.41) is 0. The smallest absolute Gasteiger partial charge is 0.306 e. The predicted molar refractivity (Wildman–Crippen MR) is 87.8 cm³/mol. The number of rotatable bonds is 2. The van der Waals surface area contributed by atoms with E-state index in [4.69, 9.17) is 14.2 Å². The summed E-state index contributed by atoms with van der Waals surface area (Å²) in [5.74, 6) is -0.566. The molecule has 1 aliphatic rings. The first-order chi connectivity index (χ1) is 10.9. The van der Waals surface area contributed by atoms with Crippen LogP contribution in [0.5, 0.6) is 0 Å². The number of cyclic esters (lactones) is 1. The Hall–Kier alpha value is -1.62. The first-order valence-corrected chi connectivity index (χ1v) is 8.13. The minimum Gasteiger partial charge on any atom is -0.461 e. The van der Waals surface area contributed by atoms with Gasteiger partial charge in [0.05, 0.1) is 0 Å². The molecule has 0 aromatic carbocycles. The number of hydrogen-bond acceptors (Lipinski definition) is 5. The molecule has 0 saturated heterocycles. The molecule has 3 atom stereocenters. The van der Waals surface area contributed by atoms with E-state index in [1.807, 2.05) is 32.1 Å². The van der Waals surface area contributed by atoms with Crippen LogP contribution in [-0.2, 0) is 23.8 Å². The van der Waals surface area contributed by atoms with Crippen LogP contribution in [0.15, 0.2) is 23.8 Å². The first-order valence-electron chi connectivity index (χ1n) is 8.13.